The van der Waals surface area contributed by atoms with E-state index in [1.165, 1.54) is 18.2 Å². The quantitative estimate of drug-likeness (QED) is 0.635. The fourth-order valence-corrected chi connectivity index (χ4v) is 2.61. The summed E-state index contributed by atoms with van der Waals surface area (Å²) >= 11 is 5.91. The summed E-state index contributed by atoms with van der Waals surface area (Å²) in [6, 6.07) is 11.0. The highest BCUT2D eigenvalue weighted by molar-refractivity contribution is 6.30. The van der Waals surface area contributed by atoms with Crippen LogP contribution in [0.1, 0.15) is 25.5 Å². The van der Waals surface area contributed by atoms with Crippen molar-refractivity contribution in [2.24, 2.45) is 0 Å². The highest BCUT2D eigenvalue weighted by Crippen LogP contribution is 2.30. The average Bonchev–Trinajstić information content (AvgIpc) is 2.48. The van der Waals surface area contributed by atoms with E-state index in [-0.39, 0.29) is 16.9 Å². The lowest BCUT2D eigenvalue weighted by molar-refractivity contribution is 0.509. The van der Waals surface area contributed by atoms with Gasteiger partial charge in [-0.1, -0.05) is 37.6 Å². The molecule has 0 amide bonds. The molecule has 112 valence electrons. The lowest BCUT2D eigenvalue weighted by Gasteiger charge is -2.13. The first-order valence-electron chi connectivity index (χ1n) is 6.99. The highest BCUT2D eigenvalue weighted by Gasteiger charge is 2.18. The van der Waals surface area contributed by atoms with Gasteiger partial charge in [-0.3, -0.25) is 4.79 Å². The van der Waals surface area contributed by atoms with E-state index in [4.69, 9.17) is 16.0 Å². The Balaban J connectivity index is 2.39. The van der Waals surface area contributed by atoms with E-state index in [1.807, 2.05) is 13.8 Å². The molecule has 1 aromatic heterocycles. The number of rotatable bonds is 2. The Bertz CT molecular complexity index is 895. The van der Waals surface area contributed by atoms with Crippen molar-refractivity contribution in [1.29, 1.82) is 0 Å². The topological polar surface area (TPSA) is 30.2 Å². The van der Waals surface area contributed by atoms with Gasteiger partial charge in [0.15, 0.2) is 0 Å². The van der Waals surface area contributed by atoms with E-state index in [0.29, 0.717) is 21.7 Å². The first-order chi connectivity index (χ1) is 10.5. The molecule has 1 heterocycles. The van der Waals surface area contributed by atoms with Gasteiger partial charge in [0.1, 0.15) is 17.2 Å². The van der Waals surface area contributed by atoms with Crippen molar-refractivity contribution in [3.63, 3.8) is 0 Å². The number of fused-ring (bicyclic) bond motifs is 1. The van der Waals surface area contributed by atoms with Crippen LogP contribution in [-0.2, 0) is 0 Å². The summed E-state index contributed by atoms with van der Waals surface area (Å²) in [6.45, 7) is 3.87. The van der Waals surface area contributed by atoms with Crippen molar-refractivity contribution in [3.8, 4) is 11.1 Å². The van der Waals surface area contributed by atoms with Gasteiger partial charge in [-0.05, 0) is 29.8 Å². The smallest absolute Gasteiger partial charge is 0.200 e. The van der Waals surface area contributed by atoms with Crippen molar-refractivity contribution < 1.29 is 8.81 Å². The van der Waals surface area contributed by atoms with Gasteiger partial charge in [0, 0.05) is 17.0 Å². The largest absolute Gasteiger partial charge is 0.460 e. The molecular formula is C18H14ClFO2. The van der Waals surface area contributed by atoms with Gasteiger partial charge in [-0.15, -0.1) is 0 Å². The van der Waals surface area contributed by atoms with Crippen LogP contribution in [0.3, 0.4) is 0 Å². The van der Waals surface area contributed by atoms with Gasteiger partial charge in [0.05, 0.1) is 10.9 Å². The second-order valence-corrected chi connectivity index (χ2v) is 5.91. The molecule has 0 unspecified atom stereocenters. The van der Waals surface area contributed by atoms with Gasteiger partial charge < -0.3 is 4.42 Å². The molecule has 0 saturated heterocycles. The lowest BCUT2D eigenvalue weighted by Crippen LogP contribution is -2.10. The van der Waals surface area contributed by atoms with Crippen molar-refractivity contribution in [2.45, 2.75) is 19.8 Å². The number of hydrogen-bond acceptors (Lipinski definition) is 2. The third-order valence-electron chi connectivity index (χ3n) is 3.54. The SMILES string of the molecule is CC(C)c1oc2cc(F)ccc2c(=O)c1-c1ccc(Cl)cc1. The van der Waals surface area contributed by atoms with E-state index in [1.54, 1.807) is 24.3 Å². The van der Waals surface area contributed by atoms with Crippen molar-refractivity contribution in [1.82, 2.24) is 0 Å². The molecule has 2 nitrogen and oxygen atoms in total. The number of benzene rings is 2. The molecule has 0 bridgehead atoms. The van der Waals surface area contributed by atoms with Crippen LogP contribution < -0.4 is 5.43 Å². The second kappa shape index (κ2) is 5.58. The van der Waals surface area contributed by atoms with Gasteiger partial charge in [-0.2, -0.15) is 0 Å². The third-order valence-corrected chi connectivity index (χ3v) is 3.79. The molecule has 0 fully saturated rings. The molecule has 4 heteroatoms. The van der Waals surface area contributed by atoms with E-state index in [0.717, 1.165) is 5.56 Å². The normalized spacial score (nSPS) is 11.3. The van der Waals surface area contributed by atoms with Crippen LogP contribution in [0.5, 0.6) is 0 Å². The van der Waals surface area contributed by atoms with E-state index < -0.39 is 5.82 Å². The summed E-state index contributed by atoms with van der Waals surface area (Å²) in [5, 5.41) is 0.970. The number of halogens is 2. The van der Waals surface area contributed by atoms with Crippen LogP contribution >= 0.6 is 11.6 Å². The monoisotopic (exact) mass is 316 g/mol. The van der Waals surface area contributed by atoms with Gasteiger partial charge in [0.25, 0.3) is 0 Å². The molecule has 0 aliphatic rings. The molecule has 0 N–H and O–H groups in total. The first-order valence-corrected chi connectivity index (χ1v) is 7.37. The predicted molar refractivity (Wildman–Crippen MR) is 87.0 cm³/mol. The average molecular weight is 317 g/mol. The molecule has 22 heavy (non-hydrogen) atoms. The van der Waals surface area contributed by atoms with Crippen LogP contribution in [-0.4, -0.2) is 0 Å². The number of hydrogen-bond donors (Lipinski definition) is 0. The molecule has 3 rings (SSSR count). The van der Waals surface area contributed by atoms with E-state index in [2.05, 4.69) is 0 Å². The fraction of sp³-hybridized carbons (Fsp3) is 0.167. The zero-order valence-corrected chi connectivity index (χ0v) is 12.9. The molecule has 0 atom stereocenters. The first kappa shape index (κ1) is 14.8. The Hall–Kier alpha value is -2.13. The Labute approximate surface area is 132 Å². The third kappa shape index (κ3) is 2.53. The van der Waals surface area contributed by atoms with Crippen LogP contribution in [0.15, 0.2) is 51.7 Å². The van der Waals surface area contributed by atoms with Crippen molar-refractivity contribution in [2.75, 3.05) is 0 Å². The predicted octanol–water partition coefficient (Wildman–Crippen LogP) is 5.38. The Kier molecular flexibility index (Phi) is 3.75. The minimum atomic E-state index is -0.426. The van der Waals surface area contributed by atoms with Crippen molar-refractivity contribution >= 4 is 22.6 Å². The zero-order chi connectivity index (χ0) is 15.9. The van der Waals surface area contributed by atoms with Gasteiger partial charge in [0.2, 0.25) is 5.43 Å². The van der Waals surface area contributed by atoms with Gasteiger partial charge in [-0.25, -0.2) is 4.39 Å². The Morgan fingerprint density at radius 3 is 2.41 bits per heavy atom. The minimum Gasteiger partial charge on any atom is -0.460 e. The molecule has 3 aromatic rings. The maximum Gasteiger partial charge on any atom is 0.200 e. The summed E-state index contributed by atoms with van der Waals surface area (Å²) in [5.74, 6) is 0.112. The summed E-state index contributed by atoms with van der Waals surface area (Å²) in [4.78, 5) is 12.8. The van der Waals surface area contributed by atoms with Crippen molar-refractivity contribution in [3.05, 3.63) is 69.3 Å². The maximum absolute atomic E-state index is 13.4. The molecule has 2 aromatic carbocycles. The molecule has 0 aliphatic heterocycles. The van der Waals surface area contributed by atoms with E-state index >= 15 is 0 Å². The van der Waals surface area contributed by atoms with Crippen LogP contribution in [0, 0.1) is 5.82 Å². The Morgan fingerprint density at radius 1 is 1.09 bits per heavy atom. The molecular weight excluding hydrogens is 303 g/mol. The summed E-state index contributed by atoms with van der Waals surface area (Å²) < 4.78 is 19.2. The second-order valence-electron chi connectivity index (χ2n) is 5.47. The van der Waals surface area contributed by atoms with E-state index in [9.17, 15) is 9.18 Å². The molecule has 0 spiro atoms. The zero-order valence-electron chi connectivity index (χ0n) is 12.2. The highest BCUT2D eigenvalue weighted by atomic mass is 35.5. The fourth-order valence-electron chi connectivity index (χ4n) is 2.48. The summed E-state index contributed by atoms with van der Waals surface area (Å²) in [7, 11) is 0. The molecule has 0 saturated carbocycles. The minimum absolute atomic E-state index is 0.00829. The Morgan fingerprint density at radius 2 is 1.77 bits per heavy atom. The maximum atomic E-state index is 13.4. The summed E-state index contributed by atoms with van der Waals surface area (Å²) in [6.07, 6.45) is 0. The summed E-state index contributed by atoms with van der Waals surface area (Å²) in [5.41, 5.74) is 1.36. The van der Waals surface area contributed by atoms with Crippen LogP contribution in [0.25, 0.3) is 22.1 Å². The standard InChI is InChI=1S/C18H14ClFO2/c1-10(2)18-16(11-3-5-12(19)6-4-11)17(21)14-8-7-13(20)9-15(14)22-18/h3-10H,1-2H3. The van der Waals surface area contributed by atoms with Crippen LogP contribution in [0.4, 0.5) is 4.39 Å². The van der Waals surface area contributed by atoms with Crippen LogP contribution in [0.2, 0.25) is 5.02 Å². The molecule has 0 aliphatic carbocycles. The molecule has 0 radical (unpaired) electrons. The van der Waals surface area contributed by atoms with Gasteiger partial charge >= 0.3 is 0 Å². The lowest BCUT2D eigenvalue weighted by atomic mass is 9.97.